The molecule has 0 unspecified atom stereocenters. The van der Waals surface area contributed by atoms with Gasteiger partial charge in [0.1, 0.15) is 9.54 Å². The Hall–Kier alpha value is 0.280. The zero-order chi connectivity index (χ0) is 8.43. The smallest absolute Gasteiger partial charge is 0.124 e. The van der Waals surface area contributed by atoms with Crippen molar-refractivity contribution in [3.8, 4) is 0 Å². The van der Waals surface area contributed by atoms with Crippen LogP contribution in [0.4, 0.5) is 4.39 Å². The van der Waals surface area contributed by atoms with Gasteiger partial charge < -0.3 is 0 Å². The van der Waals surface area contributed by atoms with Crippen molar-refractivity contribution in [2.45, 2.75) is 0 Å². The Morgan fingerprint density at radius 1 is 1.45 bits per heavy atom. The number of halogens is 3. The summed E-state index contributed by atoms with van der Waals surface area (Å²) < 4.78 is 13.7. The number of nitrogens with one attached hydrogen (secondary N) is 1. The summed E-state index contributed by atoms with van der Waals surface area (Å²) in [7, 11) is 0. The van der Waals surface area contributed by atoms with E-state index in [1.165, 1.54) is 12.1 Å². The minimum Gasteiger partial charge on any atom is -0.294 e. The highest BCUT2D eigenvalue weighted by Crippen LogP contribution is 2.16. The lowest BCUT2D eigenvalue weighted by atomic mass is 10.2. The average molecular weight is 375 g/mol. The van der Waals surface area contributed by atoms with Crippen molar-refractivity contribution >= 4 is 48.9 Å². The summed E-state index contributed by atoms with van der Waals surface area (Å²) in [6, 6.07) is 4.40. The third-order valence-corrected chi connectivity index (χ3v) is 2.64. The minimum absolute atomic E-state index is 0.254. The van der Waals surface area contributed by atoms with Crippen LogP contribution in [0.3, 0.4) is 0 Å². The van der Waals surface area contributed by atoms with Gasteiger partial charge in [0.15, 0.2) is 0 Å². The molecule has 0 fully saturated rings. The number of benzene rings is 1. The molecule has 1 N–H and O–H groups in total. The van der Waals surface area contributed by atoms with Gasteiger partial charge in [-0.1, -0.05) is 0 Å². The monoisotopic (exact) mass is 375 g/mol. The van der Waals surface area contributed by atoms with Crippen molar-refractivity contribution in [1.82, 2.24) is 0 Å². The van der Waals surface area contributed by atoms with Gasteiger partial charge >= 0.3 is 0 Å². The Kier molecular flexibility index (Phi) is 3.23. The predicted molar refractivity (Wildman–Crippen MR) is 60.0 cm³/mol. The topological polar surface area (TPSA) is 23.9 Å². The average Bonchev–Trinajstić information content (AvgIpc) is 1.85. The fraction of sp³-hybridized carbons (Fsp3) is 0. The largest absolute Gasteiger partial charge is 0.294 e. The molecule has 0 saturated heterocycles. The third kappa shape index (κ3) is 2.36. The van der Waals surface area contributed by atoms with E-state index in [1.807, 2.05) is 45.2 Å². The van der Waals surface area contributed by atoms with Crippen molar-refractivity contribution in [3.63, 3.8) is 0 Å². The van der Waals surface area contributed by atoms with E-state index in [1.54, 1.807) is 6.07 Å². The van der Waals surface area contributed by atoms with Crippen LogP contribution in [0.15, 0.2) is 18.2 Å². The van der Waals surface area contributed by atoms with Crippen LogP contribution in [0.1, 0.15) is 5.56 Å². The van der Waals surface area contributed by atoms with Crippen LogP contribution in [0, 0.1) is 14.8 Å². The van der Waals surface area contributed by atoms with Gasteiger partial charge in [-0.05, 0) is 63.4 Å². The van der Waals surface area contributed by atoms with E-state index in [9.17, 15) is 4.39 Å². The Labute approximate surface area is 91.2 Å². The van der Waals surface area contributed by atoms with Crippen molar-refractivity contribution in [1.29, 1.82) is 5.41 Å². The first-order valence-corrected chi connectivity index (χ1v) is 4.96. The number of rotatable bonds is 1. The molecule has 11 heavy (non-hydrogen) atoms. The second-order valence-electron chi connectivity index (χ2n) is 1.94. The van der Waals surface area contributed by atoms with E-state index >= 15 is 0 Å². The molecule has 1 aromatic carbocycles. The molecule has 0 heterocycles. The molecule has 0 aromatic heterocycles. The normalized spacial score (nSPS) is 9.73. The summed E-state index contributed by atoms with van der Waals surface area (Å²) >= 11 is 3.92. The zero-order valence-electron chi connectivity index (χ0n) is 5.37. The molecule has 58 valence electrons. The van der Waals surface area contributed by atoms with Gasteiger partial charge in [-0.15, -0.1) is 0 Å². The van der Waals surface area contributed by atoms with Gasteiger partial charge in [0.25, 0.3) is 0 Å². The first kappa shape index (κ1) is 9.37. The summed E-state index contributed by atoms with van der Waals surface area (Å²) in [6.45, 7) is 0. The summed E-state index contributed by atoms with van der Waals surface area (Å²) in [4.78, 5) is 0. The molecule has 0 aliphatic heterocycles. The summed E-state index contributed by atoms with van der Waals surface area (Å²) in [5.41, 5.74) is 0.785. The standard InChI is InChI=1S/C7H4FI2N/c8-4-1-2-5(7(10)11)6(9)3-4/h1-3,11H. The molecule has 0 spiro atoms. The summed E-state index contributed by atoms with van der Waals surface area (Å²) in [5, 5.41) is 7.31. The lowest BCUT2D eigenvalue weighted by Gasteiger charge is -1.99. The fourth-order valence-electron chi connectivity index (χ4n) is 0.667. The predicted octanol–water partition coefficient (Wildman–Crippen LogP) is 3.19. The van der Waals surface area contributed by atoms with E-state index in [-0.39, 0.29) is 5.82 Å². The van der Waals surface area contributed by atoms with Crippen LogP contribution in [-0.2, 0) is 0 Å². The molecule has 0 amide bonds. The van der Waals surface area contributed by atoms with Crippen LogP contribution in [0.25, 0.3) is 0 Å². The molecular formula is C7H4FI2N. The highest BCUT2D eigenvalue weighted by Gasteiger charge is 2.02. The molecule has 0 aliphatic carbocycles. The maximum atomic E-state index is 12.5. The second kappa shape index (κ2) is 3.79. The van der Waals surface area contributed by atoms with Gasteiger partial charge in [0.05, 0.1) is 0 Å². The molecule has 4 heteroatoms. The van der Waals surface area contributed by atoms with Gasteiger partial charge in [0, 0.05) is 9.13 Å². The maximum Gasteiger partial charge on any atom is 0.124 e. The van der Waals surface area contributed by atoms with E-state index in [4.69, 9.17) is 5.41 Å². The molecule has 0 saturated carbocycles. The molecule has 1 rings (SSSR count). The van der Waals surface area contributed by atoms with Crippen LogP contribution in [-0.4, -0.2) is 3.72 Å². The maximum absolute atomic E-state index is 12.5. The van der Waals surface area contributed by atoms with Crippen molar-refractivity contribution in [2.24, 2.45) is 0 Å². The Morgan fingerprint density at radius 3 is 2.55 bits per heavy atom. The second-order valence-corrected chi connectivity index (χ2v) is 4.18. The van der Waals surface area contributed by atoms with Crippen LogP contribution in [0.5, 0.6) is 0 Å². The highest BCUT2D eigenvalue weighted by molar-refractivity contribution is 14.1. The first-order valence-electron chi connectivity index (χ1n) is 2.80. The Balaban J connectivity index is 3.20. The molecule has 0 bridgehead atoms. The highest BCUT2D eigenvalue weighted by atomic mass is 127. The van der Waals surface area contributed by atoms with Crippen LogP contribution < -0.4 is 0 Å². The lowest BCUT2D eigenvalue weighted by molar-refractivity contribution is 0.627. The molecule has 0 aliphatic rings. The minimum atomic E-state index is -0.254. The summed E-state index contributed by atoms with van der Waals surface area (Å²) in [6.07, 6.45) is 0. The van der Waals surface area contributed by atoms with Crippen LogP contribution >= 0.6 is 45.2 Å². The van der Waals surface area contributed by atoms with Gasteiger partial charge in [0.2, 0.25) is 0 Å². The van der Waals surface area contributed by atoms with E-state index in [0.29, 0.717) is 3.72 Å². The molecular weight excluding hydrogens is 371 g/mol. The quantitative estimate of drug-likeness (QED) is 0.576. The number of hydrogen-bond donors (Lipinski definition) is 1. The van der Waals surface area contributed by atoms with Gasteiger partial charge in [-0.3, -0.25) is 5.41 Å². The number of hydrogen-bond acceptors (Lipinski definition) is 1. The molecule has 1 aromatic rings. The van der Waals surface area contributed by atoms with Crippen molar-refractivity contribution < 1.29 is 4.39 Å². The lowest BCUT2D eigenvalue weighted by Crippen LogP contribution is -1.92. The SMILES string of the molecule is N=C(I)c1ccc(F)cc1I. The third-order valence-electron chi connectivity index (χ3n) is 1.17. The van der Waals surface area contributed by atoms with E-state index < -0.39 is 0 Å². The van der Waals surface area contributed by atoms with Crippen molar-refractivity contribution in [2.75, 3.05) is 0 Å². The van der Waals surface area contributed by atoms with Gasteiger partial charge in [-0.2, -0.15) is 0 Å². The first-order chi connectivity index (χ1) is 5.11. The molecule has 0 atom stereocenters. The van der Waals surface area contributed by atoms with Crippen molar-refractivity contribution in [3.05, 3.63) is 33.1 Å². The van der Waals surface area contributed by atoms with Gasteiger partial charge in [-0.25, -0.2) is 4.39 Å². The van der Waals surface area contributed by atoms with E-state index in [0.717, 1.165) is 9.13 Å². The summed E-state index contributed by atoms with van der Waals surface area (Å²) in [5.74, 6) is -0.254. The van der Waals surface area contributed by atoms with Crippen LogP contribution in [0.2, 0.25) is 0 Å². The Bertz CT molecular complexity index is 298. The zero-order valence-corrected chi connectivity index (χ0v) is 9.68. The van der Waals surface area contributed by atoms with E-state index in [2.05, 4.69) is 0 Å². The fourth-order valence-corrected chi connectivity index (χ4v) is 2.40. The Morgan fingerprint density at radius 2 is 2.09 bits per heavy atom. The molecule has 1 nitrogen and oxygen atoms in total. The molecule has 0 radical (unpaired) electrons.